The molecule has 1 fully saturated rings. The molecule has 1 aromatic carbocycles. The average Bonchev–Trinajstić information content (AvgIpc) is 3.33. The highest BCUT2D eigenvalue weighted by Gasteiger charge is 2.30. The van der Waals surface area contributed by atoms with Crippen molar-refractivity contribution in [3.63, 3.8) is 0 Å². The Kier molecular flexibility index (Phi) is 5.60. The standard InChI is InChI=1S/C22H28N2O3/c1-2-7-24(20-12-17-5-3-4-6-18(17)13-20)22(25)19-14-21(27-16-19)15-23-8-10-26-11-9-23/h3-6,14,16,20H,2,7-13,15H2,1H3. The van der Waals surface area contributed by atoms with Gasteiger partial charge >= 0.3 is 0 Å². The molecule has 1 aromatic heterocycles. The fraction of sp³-hybridized carbons (Fsp3) is 0.500. The second-order valence-electron chi connectivity index (χ2n) is 7.52. The highest BCUT2D eigenvalue weighted by Crippen LogP contribution is 2.27. The van der Waals surface area contributed by atoms with Crippen molar-refractivity contribution in [3.8, 4) is 0 Å². The predicted molar refractivity (Wildman–Crippen MR) is 104 cm³/mol. The average molecular weight is 368 g/mol. The monoisotopic (exact) mass is 368 g/mol. The molecule has 1 amide bonds. The molecule has 27 heavy (non-hydrogen) atoms. The number of fused-ring (bicyclic) bond motifs is 1. The largest absolute Gasteiger partial charge is 0.467 e. The third-order valence-electron chi connectivity index (χ3n) is 5.58. The van der Waals surface area contributed by atoms with Crippen LogP contribution in [0.1, 0.15) is 40.6 Å². The number of hydrogen-bond acceptors (Lipinski definition) is 4. The van der Waals surface area contributed by atoms with Gasteiger partial charge in [-0.15, -0.1) is 0 Å². The Bertz CT molecular complexity index is 754. The predicted octanol–water partition coefficient (Wildman–Crippen LogP) is 3.13. The van der Waals surface area contributed by atoms with Gasteiger partial charge in [0.2, 0.25) is 0 Å². The lowest BCUT2D eigenvalue weighted by Gasteiger charge is -2.28. The number of furan rings is 1. The van der Waals surface area contributed by atoms with Gasteiger partial charge in [0.1, 0.15) is 12.0 Å². The molecule has 1 saturated heterocycles. The molecule has 4 rings (SSSR count). The van der Waals surface area contributed by atoms with Gasteiger partial charge in [-0.05, 0) is 36.5 Å². The summed E-state index contributed by atoms with van der Waals surface area (Å²) in [7, 11) is 0. The van der Waals surface area contributed by atoms with Gasteiger partial charge in [0.25, 0.3) is 5.91 Å². The number of hydrogen-bond donors (Lipinski definition) is 0. The maximum Gasteiger partial charge on any atom is 0.257 e. The first-order valence-corrected chi connectivity index (χ1v) is 10.00. The third-order valence-corrected chi connectivity index (χ3v) is 5.58. The molecule has 0 radical (unpaired) electrons. The number of carbonyl (C=O) groups excluding carboxylic acids is 1. The van der Waals surface area contributed by atoms with E-state index in [0.717, 1.165) is 64.4 Å². The summed E-state index contributed by atoms with van der Waals surface area (Å²) in [5, 5.41) is 0. The SMILES string of the molecule is CCCN(C(=O)c1coc(CN2CCOCC2)c1)C1Cc2ccccc2C1. The molecule has 1 aliphatic heterocycles. The summed E-state index contributed by atoms with van der Waals surface area (Å²) in [4.78, 5) is 17.6. The van der Waals surface area contributed by atoms with Gasteiger partial charge in [-0.3, -0.25) is 9.69 Å². The lowest BCUT2D eigenvalue weighted by atomic mass is 10.1. The van der Waals surface area contributed by atoms with Crippen LogP contribution in [0.25, 0.3) is 0 Å². The van der Waals surface area contributed by atoms with Crippen LogP contribution in [0, 0.1) is 0 Å². The van der Waals surface area contributed by atoms with E-state index in [-0.39, 0.29) is 11.9 Å². The summed E-state index contributed by atoms with van der Waals surface area (Å²) < 4.78 is 11.1. The van der Waals surface area contributed by atoms with Gasteiger partial charge in [-0.25, -0.2) is 0 Å². The minimum Gasteiger partial charge on any atom is -0.467 e. The fourth-order valence-corrected chi connectivity index (χ4v) is 4.17. The Morgan fingerprint density at radius 3 is 2.56 bits per heavy atom. The Labute approximate surface area is 160 Å². The number of rotatable bonds is 6. The zero-order valence-electron chi connectivity index (χ0n) is 16.0. The topological polar surface area (TPSA) is 45.9 Å². The third kappa shape index (κ3) is 4.09. The Morgan fingerprint density at radius 2 is 1.89 bits per heavy atom. The minimum atomic E-state index is 0.0895. The van der Waals surface area contributed by atoms with Crippen LogP contribution in [0.2, 0.25) is 0 Å². The molecule has 0 saturated carbocycles. The van der Waals surface area contributed by atoms with Crippen molar-refractivity contribution in [1.29, 1.82) is 0 Å². The molecular formula is C22H28N2O3. The molecule has 144 valence electrons. The van der Waals surface area contributed by atoms with E-state index in [1.807, 2.05) is 11.0 Å². The number of morpholine rings is 1. The first-order chi connectivity index (χ1) is 13.2. The Balaban J connectivity index is 1.45. The van der Waals surface area contributed by atoms with E-state index in [0.29, 0.717) is 5.56 Å². The molecule has 0 atom stereocenters. The molecule has 0 bridgehead atoms. The minimum absolute atomic E-state index is 0.0895. The quantitative estimate of drug-likeness (QED) is 0.786. The van der Waals surface area contributed by atoms with Gasteiger partial charge in [0, 0.05) is 25.7 Å². The lowest BCUT2D eigenvalue weighted by molar-refractivity contribution is 0.0313. The van der Waals surface area contributed by atoms with Gasteiger partial charge in [-0.1, -0.05) is 31.2 Å². The molecule has 2 aromatic rings. The first kappa shape index (κ1) is 18.3. The van der Waals surface area contributed by atoms with Crippen LogP contribution < -0.4 is 0 Å². The highest BCUT2D eigenvalue weighted by molar-refractivity contribution is 5.94. The number of carbonyl (C=O) groups is 1. The number of amides is 1. The first-order valence-electron chi connectivity index (χ1n) is 10.00. The fourth-order valence-electron chi connectivity index (χ4n) is 4.17. The molecule has 2 heterocycles. The zero-order chi connectivity index (χ0) is 18.6. The Morgan fingerprint density at radius 1 is 1.19 bits per heavy atom. The van der Waals surface area contributed by atoms with Crippen molar-refractivity contribution in [2.45, 2.75) is 38.8 Å². The van der Waals surface area contributed by atoms with E-state index in [1.165, 1.54) is 11.1 Å². The molecule has 5 heteroatoms. The van der Waals surface area contributed by atoms with Crippen LogP contribution in [-0.4, -0.2) is 54.6 Å². The molecule has 5 nitrogen and oxygen atoms in total. The van der Waals surface area contributed by atoms with Gasteiger partial charge in [-0.2, -0.15) is 0 Å². The summed E-state index contributed by atoms with van der Waals surface area (Å²) in [5.41, 5.74) is 3.41. The van der Waals surface area contributed by atoms with Crippen LogP contribution in [-0.2, 0) is 24.1 Å². The van der Waals surface area contributed by atoms with Crippen molar-refractivity contribution < 1.29 is 13.9 Å². The van der Waals surface area contributed by atoms with Crippen molar-refractivity contribution in [2.24, 2.45) is 0 Å². The molecule has 1 aliphatic carbocycles. The second-order valence-corrected chi connectivity index (χ2v) is 7.52. The van der Waals surface area contributed by atoms with Crippen molar-refractivity contribution >= 4 is 5.91 Å². The summed E-state index contributed by atoms with van der Waals surface area (Å²) in [5.74, 6) is 0.943. The molecule has 2 aliphatic rings. The van der Waals surface area contributed by atoms with E-state index in [2.05, 4.69) is 36.1 Å². The summed E-state index contributed by atoms with van der Waals surface area (Å²) in [6.07, 6.45) is 4.47. The van der Waals surface area contributed by atoms with Crippen LogP contribution in [0.15, 0.2) is 41.0 Å². The molecule has 0 N–H and O–H groups in total. The summed E-state index contributed by atoms with van der Waals surface area (Å²) in [6, 6.07) is 10.7. The smallest absolute Gasteiger partial charge is 0.257 e. The van der Waals surface area contributed by atoms with Crippen LogP contribution in [0.5, 0.6) is 0 Å². The van der Waals surface area contributed by atoms with E-state index >= 15 is 0 Å². The van der Waals surface area contributed by atoms with Crippen molar-refractivity contribution in [2.75, 3.05) is 32.8 Å². The van der Waals surface area contributed by atoms with Crippen molar-refractivity contribution in [3.05, 3.63) is 59.0 Å². The van der Waals surface area contributed by atoms with Gasteiger partial charge in [0.05, 0.1) is 25.3 Å². The second kappa shape index (κ2) is 8.28. The molecular weight excluding hydrogens is 340 g/mol. The van der Waals surface area contributed by atoms with E-state index in [4.69, 9.17) is 9.15 Å². The van der Waals surface area contributed by atoms with E-state index in [9.17, 15) is 4.79 Å². The Hall–Kier alpha value is -2.11. The maximum atomic E-state index is 13.2. The van der Waals surface area contributed by atoms with Crippen LogP contribution in [0.3, 0.4) is 0 Å². The normalized spacial score (nSPS) is 17.8. The zero-order valence-corrected chi connectivity index (χ0v) is 16.0. The van der Waals surface area contributed by atoms with Crippen LogP contribution in [0.4, 0.5) is 0 Å². The highest BCUT2D eigenvalue weighted by atomic mass is 16.5. The van der Waals surface area contributed by atoms with Gasteiger partial charge < -0.3 is 14.1 Å². The molecule has 0 spiro atoms. The summed E-state index contributed by atoms with van der Waals surface area (Å²) >= 11 is 0. The maximum absolute atomic E-state index is 13.2. The van der Waals surface area contributed by atoms with E-state index in [1.54, 1.807) is 6.26 Å². The number of ether oxygens (including phenoxy) is 1. The van der Waals surface area contributed by atoms with Crippen molar-refractivity contribution in [1.82, 2.24) is 9.80 Å². The summed E-state index contributed by atoms with van der Waals surface area (Å²) in [6.45, 7) is 6.99. The van der Waals surface area contributed by atoms with Crippen LogP contribution >= 0.6 is 0 Å². The number of nitrogens with zero attached hydrogens (tertiary/aromatic N) is 2. The van der Waals surface area contributed by atoms with E-state index < -0.39 is 0 Å². The molecule has 0 unspecified atom stereocenters. The number of benzene rings is 1. The lowest BCUT2D eigenvalue weighted by Crippen LogP contribution is -2.41. The van der Waals surface area contributed by atoms with Gasteiger partial charge in [0.15, 0.2) is 0 Å².